The maximum absolute atomic E-state index is 5.91. The first-order valence-electron chi connectivity index (χ1n) is 7.78. The maximum atomic E-state index is 5.91. The minimum Gasteiger partial charge on any atom is -0.375 e. The lowest BCUT2D eigenvalue weighted by atomic mass is 9.86. The van der Waals surface area contributed by atoms with E-state index in [2.05, 4.69) is 58.7 Å². The number of piperazine rings is 1. The third-order valence-corrected chi connectivity index (χ3v) is 4.64. The molecule has 0 radical (unpaired) electrons. The summed E-state index contributed by atoms with van der Waals surface area (Å²) in [4.78, 5) is 2.62. The molecule has 0 amide bonds. The fourth-order valence-electron chi connectivity index (χ4n) is 2.58. The first kappa shape index (κ1) is 16.9. The summed E-state index contributed by atoms with van der Waals surface area (Å²) in [5.41, 5.74) is 0.469. The molecule has 1 N–H and O–H groups in total. The molecular formula is C16H34N2O. The highest BCUT2D eigenvalue weighted by molar-refractivity contribution is 5.00. The van der Waals surface area contributed by atoms with Gasteiger partial charge in [-0.3, -0.25) is 4.90 Å². The predicted octanol–water partition coefficient (Wildman–Crippen LogP) is 3.04. The molecule has 1 rings (SSSR count). The molecule has 3 nitrogen and oxygen atoms in total. The van der Waals surface area contributed by atoms with E-state index in [1.165, 1.54) is 12.8 Å². The SMILES string of the molecule is CCC1(C)CN(CCOC(C)(C)C)C(C)(CC)CN1. The predicted molar refractivity (Wildman–Crippen MR) is 82.7 cm³/mol. The van der Waals surface area contributed by atoms with Crippen molar-refractivity contribution in [2.45, 2.75) is 78.0 Å². The largest absolute Gasteiger partial charge is 0.375 e. The molecule has 0 aromatic carbocycles. The van der Waals surface area contributed by atoms with Crippen LogP contribution in [0.25, 0.3) is 0 Å². The van der Waals surface area contributed by atoms with E-state index >= 15 is 0 Å². The van der Waals surface area contributed by atoms with Crippen molar-refractivity contribution in [1.82, 2.24) is 10.2 Å². The summed E-state index contributed by atoms with van der Waals surface area (Å²) in [7, 11) is 0. The second-order valence-electron chi connectivity index (χ2n) is 7.50. The topological polar surface area (TPSA) is 24.5 Å². The standard InChI is InChI=1S/C16H34N2O/c1-8-15(6)13-18(10-11-19-14(3,4)5)16(7,9-2)12-17-15/h17H,8-13H2,1-7H3. The van der Waals surface area contributed by atoms with Crippen LogP contribution >= 0.6 is 0 Å². The molecule has 0 aliphatic carbocycles. The van der Waals surface area contributed by atoms with Crippen LogP contribution in [0.3, 0.4) is 0 Å². The van der Waals surface area contributed by atoms with E-state index < -0.39 is 0 Å². The van der Waals surface area contributed by atoms with Crippen LogP contribution in [0, 0.1) is 0 Å². The lowest BCUT2D eigenvalue weighted by Crippen LogP contribution is -2.68. The Bertz CT molecular complexity index is 287. The smallest absolute Gasteiger partial charge is 0.0600 e. The van der Waals surface area contributed by atoms with Gasteiger partial charge in [-0.15, -0.1) is 0 Å². The van der Waals surface area contributed by atoms with Crippen LogP contribution in [0.4, 0.5) is 0 Å². The van der Waals surface area contributed by atoms with Crippen molar-refractivity contribution >= 4 is 0 Å². The van der Waals surface area contributed by atoms with Crippen molar-refractivity contribution < 1.29 is 4.74 Å². The molecule has 19 heavy (non-hydrogen) atoms. The quantitative estimate of drug-likeness (QED) is 0.831. The Hall–Kier alpha value is -0.120. The molecule has 1 fully saturated rings. The van der Waals surface area contributed by atoms with Crippen LogP contribution in [0.1, 0.15) is 61.3 Å². The van der Waals surface area contributed by atoms with Gasteiger partial charge in [0.1, 0.15) is 0 Å². The van der Waals surface area contributed by atoms with Crippen LogP contribution in [0.2, 0.25) is 0 Å². The zero-order chi connectivity index (χ0) is 14.7. The highest BCUT2D eigenvalue weighted by atomic mass is 16.5. The molecule has 114 valence electrons. The Morgan fingerprint density at radius 3 is 2.26 bits per heavy atom. The molecule has 0 bridgehead atoms. The van der Waals surface area contributed by atoms with Gasteiger partial charge in [-0.05, 0) is 47.5 Å². The number of rotatable bonds is 5. The Balaban J connectivity index is 2.63. The van der Waals surface area contributed by atoms with Crippen LogP contribution in [0.15, 0.2) is 0 Å². The molecule has 2 atom stereocenters. The van der Waals surface area contributed by atoms with Gasteiger partial charge >= 0.3 is 0 Å². The van der Waals surface area contributed by atoms with Gasteiger partial charge in [0.05, 0.1) is 12.2 Å². The number of nitrogens with zero attached hydrogens (tertiary/aromatic N) is 1. The molecule has 0 aromatic heterocycles. The van der Waals surface area contributed by atoms with Crippen molar-refractivity contribution in [2.75, 3.05) is 26.2 Å². The van der Waals surface area contributed by atoms with E-state index in [1.54, 1.807) is 0 Å². The van der Waals surface area contributed by atoms with Gasteiger partial charge in [0.2, 0.25) is 0 Å². The van der Waals surface area contributed by atoms with Gasteiger partial charge in [0.25, 0.3) is 0 Å². The molecule has 1 heterocycles. The zero-order valence-electron chi connectivity index (χ0n) is 14.1. The van der Waals surface area contributed by atoms with Gasteiger partial charge in [-0.1, -0.05) is 13.8 Å². The molecule has 1 aliphatic rings. The molecule has 1 saturated heterocycles. The third kappa shape index (κ3) is 4.73. The van der Waals surface area contributed by atoms with Gasteiger partial charge in [0, 0.05) is 30.7 Å². The number of hydrogen-bond acceptors (Lipinski definition) is 3. The number of ether oxygens (including phenoxy) is 1. The van der Waals surface area contributed by atoms with Crippen LogP contribution < -0.4 is 5.32 Å². The number of nitrogens with one attached hydrogen (secondary N) is 1. The zero-order valence-corrected chi connectivity index (χ0v) is 14.1. The Morgan fingerprint density at radius 1 is 1.16 bits per heavy atom. The highest BCUT2D eigenvalue weighted by Crippen LogP contribution is 2.28. The first-order chi connectivity index (χ1) is 8.64. The molecule has 0 aromatic rings. The van der Waals surface area contributed by atoms with E-state index in [9.17, 15) is 0 Å². The second kappa shape index (κ2) is 6.11. The molecule has 1 aliphatic heterocycles. The van der Waals surface area contributed by atoms with Gasteiger partial charge in [-0.2, -0.15) is 0 Å². The summed E-state index contributed by atoms with van der Waals surface area (Å²) in [6, 6.07) is 0. The summed E-state index contributed by atoms with van der Waals surface area (Å²) < 4.78 is 5.91. The third-order valence-electron chi connectivity index (χ3n) is 4.64. The van der Waals surface area contributed by atoms with Gasteiger partial charge in [-0.25, -0.2) is 0 Å². The van der Waals surface area contributed by atoms with Crippen molar-refractivity contribution in [1.29, 1.82) is 0 Å². The highest BCUT2D eigenvalue weighted by Gasteiger charge is 2.40. The van der Waals surface area contributed by atoms with Crippen LogP contribution in [-0.4, -0.2) is 47.8 Å². The summed E-state index contributed by atoms with van der Waals surface area (Å²) in [6.45, 7) is 19.7. The minimum atomic E-state index is -0.0370. The summed E-state index contributed by atoms with van der Waals surface area (Å²) in [5, 5.41) is 3.74. The fourth-order valence-corrected chi connectivity index (χ4v) is 2.58. The lowest BCUT2D eigenvalue weighted by molar-refractivity contribution is -0.0458. The van der Waals surface area contributed by atoms with Crippen molar-refractivity contribution in [3.05, 3.63) is 0 Å². The van der Waals surface area contributed by atoms with Crippen molar-refractivity contribution in [2.24, 2.45) is 0 Å². The van der Waals surface area contributed by atoms with Crippen LogP contribution in [-0.2, 0) is 4.74 Å². The van der Waals surface area contributed by atoms with E-state index in [-0.39, 0.29) is 16.7 Å². The monoisotopic (exact) mass is 270 g/mol. The molecule has 3 heteroatoms. The van der Waals surface area contributed by atoms with E-state index in [1.807, 2.05) is 0 Å². The Morgan fingerprint density at radius 2 is 1.79 bits per heavy atom. The van der Waals surface area contributed by atoms with E-state index in [0.29, 0.717) is 0 Å². The van der Waals surface area contributed by atoms with E-state index in [4.69, 9.17) is 4.74 Å². The van der Waals surface area contributed by atoms with Crippen molar-refractivity contribution in [3.8, 4) is 0 Å². The average Bonchev–Trinajstić information content (AvgIpc) is 2.32. The summed E-state index contributed by atoms with van der Waals surface area (Å²) >= 11 is 0. The van der Waals surface area contributed by atoms with Crippen LogP contribution in [0.5, 0.6) is 0 Å². The summed E-state index contributed by atoms with van der Waals surface area (Å²) in [5.74, 6) is 0. The number of hydrogen-bond donors (Lipinski definition) is 1. The molecule has 2 unspecified atom stereocenters. The second-order valence-corrected chi connectivity index (χ2v) is 7.50. The average molecular weight is 270 g/mol. The Kier molecular flexibility index (Phi) is 5.44. The first-order valence-corrected chi connectivity index (χ1v) is 7.78. The van der Waals surface area contributed by atoms with Crippen molar-refractivity contribution in [3.63, 3.8) is 0 Å². The van der Waals surface area contributed by atoms with Gasteiger partial charge in [0.15, 0.2) is 0 Å². The lowest BCUT2D eigenvalue weighted by Gasteiger charge is -2.52. The van der Waals surface area contributed by atoms with Gasteiger partial charge < -0.3 is 10.1 Å². The fraction of sp³-hybridized carbons (Fsp3) is 1.00. The summed E-state index contributed by atoms with van der Waals surface area (Å²) in [6.07, 6.45) is 2.35. The molecule has 0 spiro atoms. The molecular weight excluding hydrogens is 236 g/mol. The van der Waals surface area contributed by atoms with E-state index in [0.717, 1.165) is 26.2 Å². The minimum absolute atomic E-state index is 0.0370. The normalized spacial score (nSPS) is 33.6. The Labute approximate surface area is 120 Å². The molecule has 0 saturated carbocycles. The maximum Gasteiger partial charge on any atom is 0.0600 e.